The highest BCUT2D eigenvalue weighted by atomic mass is 16.5. The van der Waals surface area contributed by atoms with Crippen molar-refractivity contribution in [2.24, 2.45) is 0 Å². The first kappa shape index (κ1) is 17.7. The summed E-state index contributed by atoms with van der Waals surface area (Å²) in [6.07, 6.45) is 1.65. The number of aromatic amines is 1. The van der Waals surface area contributed by atoms with E-state index in [1.54, 1.807) is 42.0 Å². The molecule has 0 aliphatic heterocycles. The molecule has 5 N–H and O–H groups in total. The molecule has 0 bridgehead atoms. The Balaban J connectivity index is 1.42. The number of para-hydroxylation sites is 1. The van der Waals surface area contributed by atoms with Gasteiger partial charge in [0.1, 0.15) is 5.69 Å². The third kappa shape index (κ3) is 3.41. The van der Waals surface area contributed by atoms with Gasteiger partial charge in [-0.15, -0.1) is 0 Å². The van der Waals surface area contributed by atoms with Crippen LogP contribution in [-0.2, 0) is 6.54 Å². The molecule has 4 aromatic rings. The number of H-pyrrole nitrogens is 1. The van der Waals surface area contributed by atoms with Gasteiger partial charge in [0.05, 0.1) is 11.7 Å². The Bertz CT molecular complexity index is 1170. The molecular formula is C20H17N5O3. The van der Waals surface area contributed by atoms with Crippen molar-refractivity contribution in [3.8, 4) is 0 Å². The number of rotatable bonds is 5. The van der Waals surface area contributed by atoms with Crippen LogP contribution < -0.4 is 16.3 Å². The second kappa shape index (κ2) is 7.47. The molecule has 0 aliphatic rings. The summed E-state index contributed by atoms with van der Waals surface area (Å²) in [6, 6.07) is 16.2. The van der Waals surface area contributed by atoms with Gasteiger partial charge in [0.25, 0.3) is 11.8 Å². The molecule has 0 radical (unpaired) electrons. The van der Waals surface area contributed by atoms with Crippen molar-refractivity contribution in [1.82, 2.24) is 26.3 Å². The number of nitrogens with one attached hydrogen (secondary N) is 4. The lowest BCUT2D eigenvalue weighted by Crippen LogP contribution is -2.37. The molecule has 8 nitrogen and oxygen atoms in total. The molecule has 8 heteroatoms. The molecule has 140 valence electrons. The third-order valence-electron chi connectivity index (χ3n) is 4.44. The van der Waals surface area contributed by atoms with Crippen molar-refractivity contribution < 1.29 is 14.8 Å². The number of carbonyl (C=O) groups excluding carboxylic acids is 2. The standard InChI is InChI=1S/C20H17N5O3/c26-19(25-28)13-7-5-12(6-8-13)10-22-24-20(27)17-9-15-14-3-1-2-4-16(14)23-18(15)11-21-17/h1-9,11,22-23,28H,10H2,(H,24,27)(H,25,26). The zero-order valence-electron chi connectivity index (χ0n) is 14.7. The Labute approximate surface area is 159 Å². The van der Waals surface area contributed by atoms with Crippen molar-refractivity contribution >= 4 is 33.6 Å². The van der Waals surface area contributed by atoms with Crippen LogP contribution in [0.3, 0.4) is 0 Å². The van der Waals surface area contributed by atoms with Crippen LogP contribution in [0.25, 0.3) is 21.8 Å². The van der Waals surface area contributed by atoms with E-state index in [0.29, 0.717) is 17.8 Å². The number of hydrogen-bond acceptors (Lipinski definition) is 5. The fourth-order valence-corrected chi connectivity index (χ4v) is 3.00. The first-order chi connectivity index (χ1) is 13.7. The molecule has 0 spiro atoms. The minimum Gasteiger partial charge on any atom is -0.353 e. The number of hydroxylamine groups is 1. The number of fused-ring (bicyclic) bond motifs is 3. The van der Waals surface area contributed by atoms with Gasteiger partial charge in [-0.05, 0) is 29.8 Å². The second-order valence-corrected chi connectivity index (χ2v) is 6.23. The van der Waals surface area contributed by atoms with Crippen LogP contribution in [0.4, 0.5) is 0 Å². The molecule has 0 saturated carbocycles. The molecule has 2 aromatic carbocycles. The lowest BCUT2D eigenvalue weighted by Gasteiger charge is -2.08. The van der Waals surface area contributed by atoms with E-state index in [4.69, 9.17) is 5.21 Å². The van der Waals surface area contributed by atoms with Crippen molar-refractivity contribution in [2.75, 3.05) is 0 Å². The molecule has 0 unspecified atom stereocenters. The maximum atomic E-state index is 12.4. The zero-order valence-corrected chi connectivity index (χ0v) is 14.7. The summed E-state index contributed by atoms with van der Waals surface area (Å²) in [5, 5.41) is 10.6. The minimum absolute atomic E-state index is 0.305. The number of amides is 2. The lowest BCUT2D eigenvalue weighted by molar-refractivity contribution is 0.0706. The van der Waals surface area contributed by atoms with Crippen LogP contribution in [-0.4, -0.2) is 27.0 Å². The van der Waals surface area contributed by atoms with Gasteiger partial charge < -0.3 is 4.98 Å². The quantitative estimate of drug-likeness (QED) is 0.271. The van der Waals surface area contributed by atoms with Crippen LogP contribution in [0.5, 0.6) is 0 Å². The first-order valence-corrected chi connectivity index (χ1v) is 8.59. The van der Waals surface area contributed by atoms with E-state index in [1.807, 2.05) is 24.3 Å². The molecule has 0 saturated heterocycles. The molecule has 0 aliphatic carbocycles. The number of hydrogen-bond donors (Lipinski definition) is 5. The number of hydrazine groups is 1. The smallest absolute Gasteiger partial charge is 0.283 e. The van der Waals surface area contributed by atoms with Crippen molar-refractivity contribution in [3.63, 3.8) is 0 Å². The molecule has 2 aromatic heterocycles. The third-order valence-corrected chi connectivity index (χ3v) is 4.44. The summed E-state index contributed by atoms with van der Waals surface area (Å²) in [5.41, 5.74) is 10.4. The summed E-state index contributed by atoms with van der Waals surface area (Å²) < 4.78 is 0. The minimum atomic E-state index is -0.577. The zero-order chi connectivity index (χ0) is 19.5. The van der Waals surface area contributed by atoms with Crippen molar-refractivity contribution in [1.29, 1.82) is 0 Å². The number of aromatic nitrogens is 2. The predicted molar refractivity (Wildman–Crippen MR) is 104 cm³/mol. The van der Waals surface area contributed by atoms with E-state index in [0.717, 1.165) is 27.4 Å². The van der Waals surface area contributed by atoms with Gasteiger partial charge in [0.15, 0.2) is 0 Å². The van der Waals surface area contributed by atoms with E-state index in [2.05, 4.69) is 20.8 Å². The van der Waals surface area contributed by atoms with E-state index in [1.165, 1.54) is 0 Å². The van der Waals surface area contributed by atoms with Crippen LogP contribution in [0, 0.1) is 0 Å². The highest BCUT2D eigenvalue weighted by Crippen LogP contribution is 2.24. The molecule has 2 amide bonds. The fraction of sp³-hybridized carbons (Fsp3) is 0.0500. The Hall–Kier alpha value is -3.75. The monoisotopic (exact) mass is 375 g/mol. The van der Waals surface area contributed by atoms with Crippen LogP contribution in [0.1, 0.15) is 26.4 Å². The van der Waals surface area contributed by atoms with Gasteiger partial charge in [-0.1, -0.05) is 30.3 Å². The van der Waals surface area contributed by atoms with Crippen LogP contribution in [0.2, 0.25) is 0 Å². The summed E-state index contributed by atoms with van der Waals surface area (Å²) >= 11 is 0. The van der Waals surface area contributed by atoms with Gasteiger partial charge in [-0.2, -0.15) is 0 Å². The molecule has 2 heterocycles. The summed E-state index contributed by atoms with van der Waals surface area (Å²) in [6.45, 7) is 0.363. The van der Waals surface area contributed by atoms with E-state index in [-0.39, 0.29) is 5.91 Å². The molecule has 28 heavy (non-hydrogen) atoms. The van der Waals surface area contributed by atoms with E-state index >= 15 is 0 Å². The Morgan fingerprint density at radius 2 is 1.75 bits per heavy atom. The van der Waals surface area contributed by atoms with E-state index < -0.39 is 5.91 Å². The van der Waals surface area contributed by atoms with Gasteiger partial charge in [0, 0.05) is 28.4 Å². The Kier molecular flexibility index (Phi) is 4.71. The summed E-state index contributed by atoms with van der Waals surface area (Å²) in [7, 11) is 0. The maximum absolute atomic E-state index is 12.4. The molecule has 0 atom stereocenters. The largest absolute Gasteiger partial charge is 0.353 e. The highest BCUT2D eigenvalue weighted by molar-refractivity contribution is 6.09. The molecule has 4 rings (SSSR count). The van der Waals surface area contributed by atoms with Crippen molar-refractivity contribution in [3.05, 3.63) is 77.6 Å². The fourth-order valence-electron chi connectivity index (χ4n) is 3.00. The van der Waals surface area contributed by atoms with Gasteiger partial charge in [-0.25, -0.2) is 15.9 Å². The summed E-state index contributed by atoms with van der Waals surface area (Å²) in [4.78, 5) is 31.2. The van der Waals surface area contributed by atoms with Gasteiger partial charge in [0.2, 0.25) is 0 Å². The first-order valence-electron chi connectivity index (χ1n) is 8.59. The molecule has 0 fully saturated rings. The molecular weight excluding hydrogens is 358 g/mol. The number of carbonyl (C=O) groups is 2. The maximum Gasteiger partial charge on any atom is 0.283 e. The second-order valence-electron chi connectivity index (χ2n) is 6.23. The Morgan fingerprint density at radius 3 is 2.54 bits per heavy atom. The van der Waals surface area contributed by atoms with Gasteiger partial charge >= 0.3 is 0 Å². The average Bonchev–Trinajstić information content (AvgIpc) is 3.11. The highest BCUT2D eigenvalue weighted by Gasteiger charge is 2.11. The average molecular weight is 375 g/mol. The number of pyridine rings is 1. The number of benzene rings is 2. The van der Waals surface area contributed by atoms with Gasteiger partial charge in [-0.3, -0.25) is 20.2 Å². The van der Waals surface area contributed by atoms with Crippen molar-refractivity contribution in [2.45, 2.75) is 6.54 Å². The summed E-state index contributed by atoms with van der Waals surface area (Å²) in [5.74, 6) is -0.921. The Morgan fingerprint density at radius 1 is 0.964 bits per heavy atom. The topological polar surface area (TPSA) is 119 Å². The normalized spacial score (nSPS) is 10.9. The van der Waals surface area contributed by atoms with E-state index in [9.17, 15) is 9.59 Å². The number of nitrogens with zero attached hydrogens (tertiary/aromatic N) is 1. The predicted octanol–water partition coefficient (Wildman–Crippen LogP) is 2.27. The van der Waals surface area contributed by atoms with Crippen LogP contribution in [0.15, 0.2) is 60.8 Å². The van der Waals surface area contributed by atoms with Crippen LogP contribution >= 0.6 is 0 Å². The lowest BCUT2D eigenvalue weighted by atomic mass is 10.1. The SMILES string of the molecule is O=C(NO)c1ccc(CNNC(=O)c2cc3c(cn2)[nH]c2ccccc23)cc1.